The first-order valence-corrected chi connectivity index (χ1v) is 8.09. The molecule has 0 aliphatic carbocycles. The summed E-state index contributed by atoms with van der Waals surface area (Å²) < 4.78 is 10.5. The Bertz CT molecular complexity index is 704. The van der Waals surface area contributed by atoms with Crippen molar-refractivity contribution >= 4 is 17.8 Å². The molecule has 0 saturated heterocycles. The molecule has 2 rings (SSSR count). The van der Waals surface area contributed by atoms with E-state index in [0.717, 1.165) is 0 Å². The van der Waals surface area contributed by atoms with Crippen LogP contribution in [0.1, 0.15) is 42.1 Å². The number of ketones is 1. The fourth-order valence-electron chi connectivity index (χ4n) is 2.48. The van der Waals surface area contributed by atoms with Crippen LogP contribution >= 0.6 is 0 Å². The fourth-order valence-corrected chi connectivity index (χ4v) is 2.48. The zero-order valence-corrected chi connectivity index (χ0v) is 14.3. The van der Waals surface area contributed by atoms with Gasteiger partial charge in [-0.2, -0.15) is 0 Å². The van der Waals surface area contributed by atoms with Gasteiger partial charge in [0.05, 0.1) is 7.11 Å². The Kier molecular flexibility index (Phi) is 6.36. The molecule has 0 saturated carbocycles. The number of aromatic hydroxyl groups is 1. The number of hydrogen-bond acceptors (Lipinski definition) is 6. The number of hydrogen-bond donors (Lipinski definition) is 2. The quantitative estimate of drug-likeness (QED) is 0.759. The minimum Gasteiger partial charge on any atom is -0.507 e. The van der Waals surface area contributed by atoms with Crippen molar-refractivity contribution in [1.29, 1.82) is 0 Å². The number of aliphatic hydroxyl groups is 1. The molecule has 0 spiro atoms. The van der Waals surface area contributed by atoms with E-state index in [1.54, 1.807) is 31.2 Å². The molecule has 1 aliphatic heterocycles. The van der Waals surface area contributed by atoms with Gasteiger partial charge in [0.1, 0.15) is 29.3 Å². The second-order valence-electron chi connectivity index (χ2n) is 5.86. The number of benzene rings is 1. The molecule has 1 aromatic rings. The Labute approximate surface area is 146 Å². The standard InChI is InChI=1S/C19H22O6/c1-12-6-5-9-16(21)15(20)8-4-3-7-13-10-14(24-2)11-17(22)18(13)19(23)25-12/h3,5,7,9-12,15,20,22H,4,6,8H2,1-2H3/b7-3+,9-5-/t12?,15-/m0/s1. The van der Waals surface area contributed by atoms with E-state index in [1.165, 1.54) is 19.3 Å². The maximum absolute atomic E-state index is 12.4. The lowest BCUT2D eigenvalue weighted by molar-refractivity contribution is -0.122. The van der Waals surface area contributed by atoms with Crippen molar-refractivity contribution in [2.24, 2.45) is 0 Å². The Balaban J connectivity index is 2.40. The van der Waals surface area contributed by atoms with E-state index in [1.807, 2.05) is 0 Å². The van der Waals surface area contributed by atoms with Crippen molar-refractivity contribution in [2.45, 2.75) is 38.4 Å². The van der Waals surface area contributed by atoms with Gasteiger partial charge in [0, 0.05) is 12.5 Å². The number of phenolic OH excluding ortho intramolecular Hbond substituents is 1. The summed E-state index contributed by atoms with van der Waals surface area (Å²) in [4.78, 5) is 24.2. The first kappa shape index (κ1) is 18.7. The molecule has 134 valence electrons. The van der Waals surface area contributed by atoms with Crippen LogP contribution in [0.3, 0.4) is 0 Å². The van der Waals surface area contributed by atoms with Crippen molar-refractivity contribution < 1.29 is 29.3 Å². The summed E-state index contributed by atoms with van der Waals surface area (Å²) >= 11 is 0. The smallest absolute Gasteiger partial charge is 0.342 e. The van der Waals surface area contributed by atoms with E-state index in [2.05, 4.69) is 0 Å². The van der Waals surface area contributed by atoms with Gasteiger partial charge in [-0.25, -0.2) is 4.79 Å². The number of esters is 1. The highest BCUT2D eigenvalue weighted by molar-refractivity contribution is 5.97. The maximum Gasteiger partial charge on any atom is 0.342 e. The zero-order chi connectivity index (χ0) is 18.4. The average molecular weight is 346 g/mol. The minimum atomic E-state index is -1.07. The molecule has 1 aromatic carbocycles. The fraction of sp³-hybridized carbons (Fsp3) is 0.368. The van der Waals surface area contributed by atoms with Crippen LogP contribution in [0.15, 0.2) is 30.4 Å². The lowest BCUT2D eigenvalue weighted by Crippen LogP contribution is -2.18. The third-order valence-electron chi connectivity index (χ3n) is 3.85. The van der Waals surface area contributed by atoms with Gasteiger partial charge in [0.25, 0.3) is 0 Å². The van der Waals surface area contributed by atoms with Gasteiger partial charge in [0.2, 0.25) is 0 Å². The minimum absolute atomic E-state index is 0.0570. The SMILES string of the molecule is COc1cc(O)c2c(c1)/C=C/CC[C@H](O)C(=O)/C=C\CC(C)OC2=O. The third-order valence-corrected chi connectivity index (χ3v) is 3.85. The number of cyclic esters (lactones) is 1. The summed E-state index contributed by atoms with van der Waals surface area (Å²) in [6, 6.07) is 2.97. The van der Waals surface area contributed by atoms with Gasteiger partial charge >= 0.3 is 5.97 Å². The number of allylic oxidation sites excluding steroid dienone is 1. The molecule has 0 fully saturated rings. The molecule has 6 nitrogen and oxygen atoms in total. The van der Waals surface area contributed by atoms with Crippen LogP contribution in [-0.4, -0.2) is 41.3 Å². The van der Waals surface area contributed by atoms with Crippen LogP contribution in [0.4, 0.5) is 0 Å². The Morgan fingerprint density at radius 3 is 2.68 bits per heavy atom. The van der Waals surface area contributed by atoms with Crippen LogP contribution < -0.4 is 4.74 Å². The summed E-state index contributed by atoms with van der Waals surface area (Å²) in [5.41, 5.74) is 0.504. The van der Waals surface area contributed by atoms with Crippen molar-refractivity contribution in [3.05, 3.63) is 41.5 Å². The number of rotatable bonds is 1. The first-order valence-electron chi connectivity index (χ1n) is 8.09. The van der Waals surface area contributed by atoms with E-state index in [9.17, 15) is 19.8 Å². The van der Waals surface area contributed by atoms with E-state index < -0.39 is 18.2 Å². The van der Waals surface area contributed by atoms with Crippen molar-refractivity contribution in [3.8, 4) is 11.5 Å². The van der Waals surface area contributed by atoms with Gasteiger partial charge in [-0.1, -0.05) is 18.2 Å². The summed E-state index contributed by atoms with van der Waals surface area (Å²) in [7, 11) is 1.46. The molecule has 2 N–H and O–H groups in total. The molecule has 25 heavy (non-hydrogen) atoms. The molecule has 0 bridgehead atoms. The van der Waals surface area contributed by atoms with E-state index in [4.69, 9.17) is 9.47 Å². The predicted octanol–water partition coefficient (Wildman–Crippen LogP) is 2.63. The largest absolute Gasteiger partial charge is 0.507 e. The lowest BCUT2D eigenvalue weighted by Gasteiger charge is -2.15. The highest BCUT2D eigenvalue weighted by Gasteiger charge is 2.21. The normalized spacial score (nSPS) is 24.6. The first-order chi connectivity index (χ1) is 11.9. The Hall–Kier alpha value is -2.60. The van der Waals surface area contributed by atoms with Crippen LogP contribution in [0.2, 0.25) is 0 Å². The van der Waals surface area contributed by atoms with Gasteiger partial charge < -0.3 is 19.7 Å². The van der Waals surface area contributed by atoms with Crippen LogP contribution in [0.5, 0.6) is 11.5 Å². The van der Waals surface area contributed by atoms with Gasteiger partial charge in [-0.3, -0.25) is 4.79 Å². The maximum atomic E-state index is 12.4. The van der Waals surface area contributed by atoms with Crippen LogP contribution in [0.25, 0.3) is 6.08 Å². The number of carbonyl (C=O) groups excluding carboxylic acids is 2. The van der Waals surface area contributed by atoms with E-state index in [-0.39, 0.29) is 23.5 Å². The summed E-state index contributed by atoms with van der Waals surface area (Å²) in [5.74, 6) is -0.845. The molecular weight excluding hydrogens is 324 g/mol. The van der Waals surface area contributed by atoms with E-state index in [0.29, 0.717) is 24.2 Å². The number of phenols is 1. The summed E-state index contributed by atoms with van der Waals surface area (Å²) in [6.07, 6.45) is 5.71. The monoisotopic (exact) mass is 346 g/mol. The average Bonchev–Trinajstić information content (AvgIpc) is 2.56. The molecule has 0 amide bonds. The second kappa shape index (κ2) is 8.48. The van der Waals surface area contributed by atoms with Crippen LogP contribution in [0, 0.1) is 0 Å². The van der Waals surface area contributed by atoms with Crippen LogP contribution in [-0.2, 0) is 9.53 Å². The lowest BCUT2D eigenvalue weighted by atomic mass is 10.0. The topological polar surface area (TPSA) is 93.1 Å². The molecule has 0 aromatic heterocycles. The predicted molar refractivity (Wildman–Crippen MR) is 92.6 cm³/mol. The number of aliphatic hydroxyl groups excluding tert-OH is 1. The van der Waals surface area contributed by atoms with Gasteiger partial charge in [-0.05, 0) is 37.5 Å². The highest BCUT2D eigenvalue weighted by atomic mass is 16.5. The number of carbonyl (C=O) groups is 2. The van der Waals surface area contributed by atoms with Gasteiger partial charge in [-0.15, -0.1) is 0 Å². The molecule has 1 aliphatic rings. The van der Waals surface area contributed by atoms with Crippen molar-refractivity contribution in [1.82, 2.24) is 0 Å². The summed E-state index contributed by atoms with van der Waals surface area (Å²) in [5, 5.41) is 20.0. The molecule has 1 unspecified atom stereocenters. The zero-order valence-electron chi connectivity index (χ0n) is 14.3. The summed E-state index contributed by atoms with van der Waals surface area (Å²) in [6.45, 7) is 1.69. The number of fused-ring (bicyclic) bond motifs is 1. The highest BCUT2D eigenvalue weighted by Crippen LogP contribution is 2.30. The van der Waals surface area contributed by atoms with Gasteiger partial charge in [0.15, 0.2) is 5.78 Å². The second-order valence-corrected chi connectivity index (χ2v) is 5.86. The molecule has 6 heteroatoms. The third kappa shape index (κ3) is 4.93. The molecule has 1 heterocycles. The van der Waals surface area contributed by atoms with Crippen molar-refractivity contribution in [2.75, 3.05) is 7.11 Å². The number of methoxy groups -OCH3 is 1. The molecule has 2 atom stereocenters. The van der Waals surface area contributed by atoms with Crippen molar-refractivity contribution in [3.63, 3.8) is 0 Å². The number of ether oxygens (including phenoxy) is 2. The Morgan fingerprint density at radius 2 is 1.96 bits per heavy atom. The molecule has 0 radical (unpaired) electrons. The molecular formula is C19H22O6. The van der Waals surface area contributed by atoms with E-state index >= 15 is 0 Å². The Morgan fingerprint density at radius 1 is 1.20 bits per heavy atom.